The van der Waals surface area contributed by atoms with E-state index in [9.17, 15) is 0 Å². The van der Waals surface area contributed by atoms with E-state index < -0.39 is 0 Å². The highest BCUT2D eigenvalue weighted by Crippen LogP contribution is 2.49. The van der Waals surface area contributed by atoms with Gasteiger partial charge in [0.1, 0.15) is 0 Å². The summed E-state index contributed by atoms with van der Waals surface area (Å²) in [7, 11) is 0. The maximum absolute atomic E-state index is 5.21. The number of nitrogens with zero attached hydrogens (tertiary/aromatic N) is 12. The van der Waals surface area contributed by atoms with Gasteiger partial charge in [-0.2, -0.15) is 9.97 Å². The molecule has 0 aliphatic carbocycles. The van der Waals surface area contributed by atoms with Gasteiger partial charge in [-0.15, -0.1) is 34.0 Å². The minimum absolute atomic E-state index is 0.593. The smallest absolute Gasteiger partial charge is 0.238 e. The minimum atomic E-state index is 0.593. The molecule has 12 nitrogen and oxygen atoms in total. The molecule has 0 saturated heterocycles. The topological polar surface area (TPSA) is 115 Å². The van der Waals surface area contributed by atoms with Gasteiger partial charge in [-0.1, -0.05) is 328 Å². The third-order valence-electron chi connectivity index (χ3n) is 27.5. The fourth-order valence-electron chi connectivity index (χ4n) is 21.2. The molecule has 0 unspecified atom stereocenters. The Morgan fingerprint density at radius 2 is 0.457 bits per heavy atom. The Morgan fingerprint density at radius 3 is 0.879 bits per heavy atom. The summed E-state index contributed by atoms with van der Waals surface area (Å²) in [5, 5.41) is 20.0. The molecule has 0 spiro atoms. The van der Waals surface area contributed by atoms with Gasteiger partial charge in [-0.3, -0.25) is 13.7 Å². The van der Waals surface area contributed by atoms with Crippen LogP contribution in [0.1, 0.15) is 0 Å². The number of aromatic nitrogens is 12. The van der Waals surface area contributed by atoms with Crippen molar-refractivity contribution < 1.29 is 0 Å². The Kier molecular flexibility index (Phi) is 18.9. The van der Waals surface area contributed by atoms with E-state index in [1.54, 1.807) is 0 Å². The molecule has 0 fully saturated rings. The molecule has 11 heterocycles. The van der Waals surface area contributed by atoms with Gasteiger partial charge in [0.15, 0.2) is 11.6 Å². The summed E-state index contributed by atoms with van der Waals surface area (Å²) in [6.45, 7) is 0. The van der Waals surface area contributed by atoms with Crippen LogP contribution in [0.15, 0.2) is 461 Å². The molecule has 15 heteroatoms. The van der Waals surface area contributed by atoms with E-state index in [1.807, 2.05) is 70.7 Å². The molecule has 0 atom stereocenters. The van der Waals surface area contributed by atoms with Crippen LogP contribution in [-0.2, 0) is 0 Å². The van der Waals surface area contributed by atoms with E-state index in [0.29, 0.717) is 29.5 Å². The molecule has 0 amide bonds. The zero-order valence-corrected chi connectivity index (χ0v) is 77.4. The van der Waals surface area contributed by atoms with Crippen LogP contribution in [0, 0.1) is 0 Å². The molecule has 30 rings (SSSR count). The van der Waals surface area contributed by atoms with E-state index >= 15 is 0 Å². The molecule has 0 aliphatic rings. The van der Waals surface area contributed by atoms with Gasteiger partial charge in [0, 0.05) is 160 Å². The first-order chi connectivity index (χ1) is 69.4. The molecular formula is C125H76N12S3. The van der Waals surface area contributed by atoms with Crippen LogP contribution in [0.2, 0.25) is 0 Å². The Hall–Kier alpha value is -18.0. The van der Waals surface area contributed by atoms with Crippen LogP contribution in [0.3, 0.4) is 0 Å². The summed E-state index contributed by atoms with van der Waals surface area (Å²) in [4.78, 5) is 35.6. The van der Waals surface area contributed by atoms with Crippen LogP contribution in [0.4, 0.5) is 0 Å². The van der Waals surface area contributed by atoms with Crippen molar-refractivity contribution in [3.63, 3.8) is 0 Å². The summed E-state index contributed by atoms with van der Waals surface area (Å²) >= 11 is 5.57. The first-order valence-electron chi connectivity index (χ1n) is 46.9. The predicted molar refractivity (Wildman–Crippen MR) is 587 cm³/mol. The normalized spacial score (nSPS) is 11.9. The first kappa shape index (κ1) is 80.5. The van der Waals surface area contributed by atoms with E-state index in [-0.39, 0.29) is 0 Å². The van der Waals surface area contributed by atoms with Crippen molar-refractivity contribution in [1.82, 2.24) is 57.7 Å². The average molecular weight is 1840 g/mol. The van der Waals surface area contributed by atoms with E-state index in [0.717, 1.165) is 89.2 Å². The maximum Gasteiger partial charge on any atom is 0.238 e. The highest BCUT2D eigenvalue weighted by atomic mass is 32.1. The van der Waals surface area contributed by atoms with Gasteiger partial charge in [-0.05, 0) is 144 Å². The highest BCUT2D eigenvalue weighted by molar-refractivity contribution is 7.27. The maximum atomic E-state index is 5.21. The largest absolute Gasteiger partial charge is 0.309 e. The van der Waals surface area contributed by atoms with E-state index in [2.05, 4.69) is 447 Å². The van der Waals surface area contributed by atoms with Crippen molar-refractivity contribution in [3.05, 3.63) is 461 Å². The fraction of sp³-hybridized carbons (Fsp3) is 0. The lowest BCUT2D eigenvalue weighted by molar-refractivity contribution is 0.953. The van der Waals surface area contributed by atoms with Gasteiger partial charge in [-0.25, -0.2) is 24.9 Å². The Labute approximate surface area is 813 Å². The van der Waals surface area contributed by atoms with E-state index in [1.165, 1.54) is 148 Å². The lowest BCUT2D eigenvalue weighted by Crippen LogP contribution is -2.06. The molecular weight excluding hydrogens is 1770 g/mol. The Morgan fingerprint density at radius 1 is 0.164 bits per heavy atom. The summed E-state index contributed by atoms with van der Waals surface area (Å²) in [6.07, 6.45) is 3.76. The van der Waals surface area contributed by atoms with E-state index in [4.69, 9.17) is 34.9 Å². The summed E-state index contributed by atoms with van der Waals surface area (Å²) in [5.74, 6) is 3.19. The van der Waals surface area contributed by atoms with Gasteiger partial charge in [0.25, 0.3) is 0 Å². The monoisotopic (exact) mass is 1840 g/mol. The zero-order valence-electron chi connectivity index (χ0n) is 75.0. The number of rotatable bonds is 11. The van der Waals surface area contributed by atoms with Gasteiger partial charge < -0.3 is 9.13 Å². The van der Waals surface area contributed by atoms with Gasteiger partial charge in [0.2, 0.25) is 17.8 Å². The van der Waals surface area contributed by atoms with Gasteiger partial charge in [0.05, 0.1) is 66.6 Å². The summed E-state index contributed by atoms with van der Waals surface area (Å²) in [5.41, 5.74) is 24.0. The van der Waals surface area contributed by atoms with Crippen LogP contribution < -0.4 is 0 Å². The number of benzene rings is 19. The molecule has 140 heavy (non-hydrogen) atoms. The lowest BCUT2D eigenvalue weighted by atomic mass is 10.0. The van der Waals surface area contributed by atoms with Crippen LogP contribution in [0.25, 0.3) is 266 Å². The molecule has 0 saturated carbocycles. The average Bonchev–Trinajstić information content (AvgIpc) is 1.56. The molecule has 0 aliphatic heterocycles. The third kappa shape index (κ3) is 13.2. The third-order valence-corrected chi connectivity index (χ3v) is 31.1. The summed E-state index contributed by atoms with van der Waals surface area (Å²) in [6, 6.07) is 159. The standard InChI is InChI=1S/C45H28N4S.2C40H24N4S/c1-3-11-29(12-4-1)31-19-23-33(24-20-31)43-46-44(34-25-21-32(22-26-34)30-13-5-2-6-14-30)48-45(47-43)49-38-17-9-7-16-37(38)41-39(49)28-27-36-35-15-8-10-18-40(35)50-42(36)41;1-5-16-33-27(12-1)28-13-2-6-17-34(28)43(33)26-11-9-10-25(24-26)32-22-23-41-40(42-32)44-35-18-7-3-15-31(35)38-36(44)21-20-30-29-14-4-8-19-37(29)45-39(30)38;1-2-10-26(11-3-1)43-33-15-7-4-12-27(33)31-24-25(18-20-35(31)43)32-22-23-41-40(42-32)44-34-16-8-5-14-30(34)38-36(44)21-19-29-28-13-6-9-17-37(28)45-39(29)38/h1-28H;2*1-24H. The predicted octanol–water partition coefficient (Wildman–Crippen LogP) is 33.4. The van der Waals surface area contributed by atoms with Crippen molar-refractivity contribution in [2.24, 2.45) is 0 Å². The Balaban J connectivity index is 0.000000103. The number of fused-ring (bicyclic) bond motifs is 27. The number of thiophene rings is 3. The van der Waals surface area contributed by atoms with Crippen molar-refractivity contribution in [2.45, 2.75) is 0 Å². The second-order valence-electron chi connectivity index (χ2n) is 35.4. The number of hydrogen-bond acceptors (Lipinski definition) is 10. The molecule has 19 aromatic carbocycles. The number of para-hydroxylation sites is 7. The second kappa shape index (κ2) is 32.9. The fourth-order valence-corrected chi connectivity index (χ4v) is 25.0. The second-order valence-corrected chi connectivity index (χ2v) is 38.5. The number of hydrogen-bond donors (Lipinski definition) is 0. The quantitative estimate of drug-likeness (QED) is 0.127. The van der Waals surface area contributed by atoms with Crippen LogP contribution in [-0.4, -0.2) is 57.7 Å². The molecule has 30 aromatic rings. The molecule has 0 bridgehead atoms. The van der Waals surface area contributed by atoms with Crippen LogP contribution >= 0.6 is 34.0 Å². The van der Waals surface area contributed by atoms with Crippen molar-refractivity contribution >= 4 is 204 Å². The van der Waals surface area contributed by atoms with Crippen molar-refractivity contribution in [1.29, 1.82) is 0 Å². The van der Waals surface area contributed by atoms with Crippen LogP contribution in [0.5, 0.6) is 0 Å². The van der Waals surface area contributed by atoms with Gasteiger partial charge >= 0.3 is 0 Å². The molecule has 0 N–H and O–H groups in total. The molecule has 654 valence electrons. The first-order valence-corrected chi connectivity index (χ1v) is 49.3. The zero-order chi connectivity index (χ0) is 92.0. The lowest BCUT2D eigenvalue weighted by Gasteiger charge is -2.12. The highest BCUT2D eigenvalue weighted by Gasteiger charge is 2.27. The molecule has 0 radical (unpaired) electrons. The van der Waals surface area contributed by atoms with Crippen molar-refractivity contribution in [2.75, 3.05) is 0 Å². The molecule has 11 aromatic heterocycles. The van der Waals surface area contributed by atoms with Crippen molar-refractivity contribution in [3.8, 4) is 96.8 Å². The Bertz CT molecular complexity index is 10100. The SMILES string of the molecule is c1cc(-c2ccnc(-n3c4ccccc4c4c5sc6ccccc6c5ccc43)n2)cc(-n2c3ccccc3c3ccccc32)c1.c1ccc(-c2ccc(-c3nc(-c4ccc(-c5ccccc5)cc4)nc(-n4c5ccccc5c5c6sc7ccccc7c6ccc54)n3)cc2)cc1.c1ccc(-n2c3ccccc3c3cc(-c4ccnc(-n5c6ccccc6c6c7sc8ccccc8c7ccc65)n4)ccc32)cc1. The summed E-state index contributed by atoms with van der Waals surface area (Å²) < 4.78 is 19.1. The minimum Gasteiger partial charge on any atom is -0.309 e.